The number of hydrogen-bond donors (Lipinski definition) is 1. The zero-order valence-electron chi connectivity index (χ0n) is 9.54. The molecule has 3 aliphatic rings. The average Bonchev–Trinajstić information content (AvgIpc) is 3.02. The van der Waals surface area contributed by atoms with E-state index >= 15 is 0 Å². The third-order valence-corrected chi connectivity index (χ3v) is 5.14. The van der Waals surface area contributed by atoms with Crippen LogP contribution in [0.5, 0.6) is 0 Å². The van der Waals surface area contributed by atoms with Crippen molar-refractivity contribution in [3.63, 3.8) is 0 Å². The lowest BCUT2D eigenvalue weighted by Crippen LogP contribution is -2.35. The highest BCUT2D eigenvalue weighted by molar-refractivity contribution is 7.13. The molecule has 1 N–H and O–H groups in total. The molecule has 2 aliphatic carbocycles. The number of amides is 1. The Labute approximate surface area is 108 Å². The summed E-state index contributed by atoms with van der Waals surface area (Å²) in [5.74, 6) is -0.103. The van der Waals surface area contributed by atoms with Crippen LogP contribution in [-0.4, -0.2) is 23.0 Å². The molecule has 5 nitrogen and oxygen atoms in total. The van der Waals surface area contributed by atoms with Gasteiger partial charge in [-0.2, -0.15) is 0 Å². The number of esters is 1. The van der Waals surface area contributed by atoms with Gasteiger partial charge in [-0.25, -0.2) is 4.98 Å². The lowest BCUT2D eigenvalue weighted by molar-refractivity contribution is -0.145. The summed E-state index contributed by atoms with van der Waals surface area (Å²) < 4.78 is 5.32. The maximum atomic E-state index is 12.3. The Morgan fingerprint density at radius 1 is 1.50 bits per heavy atom. The molecule has 5 atom stereocenters. The number of nitrogens with zero attached hydrogens (tertiary/aromatic N) is 1. The molecule has 0 unspecified atom stereocenters. The van der Waals surface area contributed by atoms with Crippen LogP contribution in [0.15, 0.2) is 11.6 Å². The summed E-state index contributed by atoms with van der Waals surface area (Å²) in [7, 11) is 0. The Bertz CT molecular complexity index is 513. The van der Waals surface area contributed by atoms with Crippen molar-refractivity contribution in [2.75, 3.05) is 5.32 Å². The summed E-state index contributed by atoms with van der Waals surface area (Å²) in [4.78, 5) is 28.1. The second-order valence-electron chi connectivity index (χ2n) is 5.25. The summed E-state index contributed by atoms with van der Waals surface area (Å²) in [6.07, 6.45) is 3.54. The molecule has 0 spiro atoms. The molecule has 1 aromatic rings. The van der Waals surface area contributed by atoms with E-state index < -0.39 is 0 Å². The lowest BCUT2D eigenvalue weighted by Gasteiger charge is -2.22. The number of aromatic nitrogens is 1. The highest BCUT2D eigenvalue weighted by atomic mass is 32.1. The molecule has 4 rings (SSSR count). The van der Waals surface area contributed by atoms with Crippen LogP contribution in [0.4, 0.5) is 5.13 Å². The molecule has 1 amide bonds. The van der Waals surface area contributed by atoms with E-state index in [0.717, 1.165) is 12.8 Å². The summed E-state index contributed by atoms with van der Waals surface area (Å²) >= 11 is 1.39. The fourth-order valence-corrected chi connectivity index (χ4v) is 4.37. The predicted octanol–water partition coefficient (Wildman–Crippen LogP) is 1.28. The Morgan fingerprint density at radius 3 is 3.17 bits per heavy atom. The number of nitrogens with one attached hydrogen (secondary N) is 1. The van der Waals surface area contributed by atoms with Crippen molar-refractivity contribution in [2.24, 2.45) is 23.7 Å². The van der Waals surface area contributed by atoms with Crippen LogP contribution >= 0.6 is 11.3 Å². The Hall–Kier alpha value is -1.43. The minimum absolute atomic E-state index is 0.0697. The van der Waals surface area contributed by atoms with Crippen molar-refractivity contribution in [1.29, 1.82) is 0 Å². The van der Waals surface area contributed by atoms with Crippen molar-refractivity contribution >= 4 is 28.3 Å². The second-order valence-corrected chi connectivity index (χ2v) is 6.14. The van der Waals surface area contributed by atoms with Crippen LogP contribution in [-0.2, 0) is 14.3 Å². The number of hydrogen-bond acceptors (Lipinski definition) is 5. The van der Waals surface area contributed by atoms with Crippen LogP contribution < -0.4 is 5.32 Å². The van der Waals surface area contributed by atoms with E-state index in [1.807, 2.05) is 5.38 Å². The number of ether oxygens (including phenoxy) is 1. The fourth-order valence-electron chi connectivity index (χ4n) is 3.84. The van der Waals surface area contributed by atoms with Crippen molar-refractivity contribution in [3.8, 4) is 0 Å². The first-order chi connectivity index (χ1) is 8.74. The molecule has 0 aromatic carbocycles. The van der Waals surface area contributed by atoms with Gasteiger partial charge < -0.3 is 10.1 Å². The van der Waals surface area contributed by atoms with Crippen molar-refractivity contribution in [3.05, 3.63) is 11.6 Å². The van der Waals surface area contributed by atoms with Crippen molar-refractivity contribution < 1.29 is 14.3 Å². The highest BCUT2D eigenvalue weighted by Crippen LogP contribution is 2.57. The molecule has 94 valence electrons. The minimum Gasteiger partial charge on any atom is -0.462 e. The van der Waals surface area contributed by atoms with Gasteiger partial charge in [-0.05, 0) is 18.8 Å². The van der Waals surface area contributed by atoms with Gasteiger partial charge in [0.1, 0.15) is 6.10 Å². The van der Waals surface area contributed by atoms with Crippen LogP contribution in [0.1, 0.15) is 12.8 Å². The standard InChI is InChI=1S/C12H12N2O3S/c15-10(14-12-13-1-2-18-12)8-5-3-6-7(4-5)17-11(16)9(6)8/h1-2,5-9H,3-4H2,(H,13,14,15)/t5-,6+,7-,8-,9+/m1/s1. The molecule has 1 aromatic heterocycles. The first-order valence-electron chi connectivity index (χ1n) is 6.15. The van der Waals surface area contributed by atoms with E-state index in [1.54, 1.807) is 6.20 Å². The summed E-state index contributed by atoms with van der Waals surface area (Å²) in [5, 5.41) is 5.23. The first kappa shape index (κ1) is 10.5. The molecule has 0 radical (unpaired) electrons. The normalized spacial score (nSPS) is 40.0. The number of anilines is 1. The summed E-state index contributed by atoms with van der Waals surface area (Å²) in [5.41, 5.74) is 0. The molecule has 18 heavy (non-hydrogen) atoms. The predicted molar refractivity (Wildman–Crippen MR) is 63.8 cm³/mol. The maximum Gasteiger partial charge on any atom is 0.310 e. The second kappa shape index (κ2) is 3.54. The van der Waals surface area contributed by atoms with Gasteiger partial charge in [-0.15, -0.1) is 11.3 Å². The smallest absolute Gasteiger partial charge is 0.310 e. The van der Waals surface area contributed by atoms with E-state index in [9.17, 15) is 9.59 Å². The van der Waals surface area contributed by atoms with Gasteiger partial charge in [0.2, 0.25) is 5.91 Å². The molecular formula is C12H12N2O3S. The Kier molecular flexibility index (Phi) is 2.06. The zero-order chi connectivity index (χ0) is 12.3. The lowest BCUT2D eigenvalue weighted by atomic mass is 9.79. The van der Waals surface area contributed by atoms with Gasteiger partial charge in [0, 0.05) is 17.5 Å². The van der Waals surface area contributed by atoms with E-state index in [1.165, 1.54) is 11.3 Å². The first-order valence-corrected chi connectivity index (χ1v) is 7.03. The van der Waals surface area contributed by atoms with Gasteiger partial charge in [-0.3, -0.25) is 9.59 Å². The summed E-state index contributed by atoms with van der Waals surface area (Å²) in [6.45, 7) is 0. The molecule has 2 bridgehead atoms. The molecule has 1 saturated heterocycles. The van der Waals surface area contributed by atoms with Gasteiger partial charge >= 0.3 is 5.97 Å². The largest absolute Gasteiger partial charge is 0.462 e. The Morgan fingerprint density at radius 2 is 2.39 bits per heavy atom. The SMILES string of the molecule is O=C(Nc1nccs1)[C@@H]1[C@@H]2C[C@@H]3[C@@H]1C(=O)O[C@@H]3C2. The Balaban J connectivity index is 1.58. The highest BCUT2D eigenvalue weighted by Gasteiger charge is 2.63. The van der Waals surface area contributed by atoms with Crippen LogP contribution in [0.3, 0.4) is 0 Å². The van der Waals surface area contributed by atoms with E-state index in [2.05, 4.69) is 10.3 Å². The monoisotopic (exact) mass is 264 g/mol. The van der Waals surface area contributed by atoms with Crippen LogP contribution in [0.2, 0.25) is 0 Å². The molecule has 1 aliphatic heterocycles. The maximum absolute atomic E-state index is 12.3. The van der Waals surface area contributed by atoms with Gasteiger partial charge in [0.05, 0.1) is 11.8 Å². The van der Waals surface area contributed by atoms with Gasteiger partial charge in [-0.1, -0.05) is 0 Å². The van der Waals surface area contributed by atoms with Crippen LogP contribution in [0, 0.1) is 23.7 Å². The van der Waals surface area contributed by atoms with Gasteiger partial charge in [0.15, 0.2) is 5.13 Å². The molecular weight excluding hydrogens is 252 g/mol. The molecule has 6 heteroatoms. The zero-order valence-corrected chi connectivity index (χ0v) is 10.4. The number of fused-ring (bicyclic) bond motifs is 1. The average molecular weight is 264 g/mol. The molecule has 2 heterocycles. The summed E-state index contributed by atoms with van der Waals surface area (Å²) in [6, 6.07) is 0. The van der Waals surface area contributed by atoms with E-state index in [0.29, 0.717) is 11.0 Å². The number of carbonyl (C=O) groups excluding carboxylic acids is 2. The number of thiazole rings is 1. The van der Waals surface area contributed by atoms with Gasteiger partial charge in [0.25, 0.3) is 0 Å². The topological polar surface area (TPSA) is 68.3 Å². The minimum atomic E-state index is -0.217. The number of rotatable bonds is 2. The van der Waals surface area contributed by atoms with E-state index in [4.69, 9.17) is 4.74 Å². The van der Waals surface area contributed by atoms with Crippen LogP contribution in [0.25, 0.3) is 0 Å². The van der Waals surface area contributed by atoms with Crippen molar-refractivity contribution in [1.82, 2.24) is 4.98 Å². The van der Waals surface area contributed by atoms with Crippen molar-refractivity contribution in [2.45, 2.75) is 18.9 Å². The third kappa shape index (κ3) is 1.29. The molecule has 3 fully saturated rings. The fraction of sp³-hybridized carbons (Fsp3) is 0.583. The molecule has 2 saturated carbocycles. The number of carbonyl (C=O) groups is 2. The quantitative estimate of drug-likeness (QED) is 0.817. The third-order valence-electron chi connectivity index (χ3n) is 4.45. The van der Waals surface area contributed by atoms with E-state index in [-0.39, 0.29) is 35.7 Å².